The fourth-order valence-corrected chi connectivity index (χ4v) is 3.88. The van der Waals surface area contributed by atoms with Crippen molar-refractivity contribution in [3.63, 3.8) is 0 Å². The van der Waals surface area contributed by atoms with Gasteiger partial charge in [-0.05, 0) is 12.5 Å². The lowest BCUT2D eigenvalue weighted by atomic mass is 10.1. The van der Waals surface area contributed by atoms with Crippen molar-refractivity contribution in [3.05, 3.63) is 23.5 Å². The summed E-state index contributed by atoms with van der Waals surface area (Å²) < 4.78 is 24.3. The number of imidazole rings is 1. The lowest BCUT2D eigenvalue weighted by Crippen LogP contribution is -2.32. The molecule has 3 atom stereocenters. The Hall–Kier alpha value is -2.20. The molecule has 2 aliphatic heterocycles. The van der Waals surface area contributed by atoms with Gasteiger partial charge in [0.2, 0.25) is 0 Å². The summed E-state index contributed by atoms with van der Waals surface area (Å²) in [7, 11) is 1.66. The summed E-state index contributed by atoms with van der Waals surface area (Å²) in [5.74, 6) is 0. The molecule has 9 nitrogen and oxygen atoms in total. The first-order valence-corrected chi connectivity index (χ1v) is 9.57. The Balaban J connectivity index is 1.39. The van der Waals surface area contributed by atoms with Gasteiger partial charge in [-0.1, -0.05) is 11.6 Å². The maximum atomic E-state index is 6.45. The van der Waals surface area contributed by atoms with Crippen molar-refractivity contribution in [1.82, 2.24) is 24.7 Å². The lowest BCUT2D eigenvalue weighted by Gasteiger charge is -2.15. The zero-order valence-electron chi connectivity index (χ0n) is 15.3. The summed E-state index contributed by atoms with van der Waals surface area (Å²) in [4.78, 5) is 12.2. The van der Waals surface area contributed by atoms with Crippen LogP contribution in [0.15, 0.2) is 18.5 Å². The number of rotatable bonds is 6. The van der Waals surface area contributed by atoms with Gasteiger partial charge in [0.05, 0.1) is 48.3 Å². The number of hydrogen-bond acceptors (Lipinski definition) is 7. The summed E-state index contributed by atoms with van der Waals surface area (Å²) in [5, 5.41) is 4.82. The van der Waals surface area contributed by atoms with E-state index in [0.29, 0.717) is 54.3 Å². The van der Waals surface area contributed by atoms with E-state index < -0.39 is 0 Å². The van der Waals surface area contributed by atoms with Crippen LogP contribution in [-0.4, -0.2) is 70.0 Å². The van der Waals surface area contributed by atoms with Crippen LogP contribution in [0.3, 0.4) is 0 Å². The Labute approximate surface area is 165 Å². The Bertz CT molecular complexity index is 990. The highest BCUT2D eigenvalue weighted by atomic mass is 35.5. The van der Waals surface area contributed by atoms with Crippen LogP contribution >= 0.6 is 11.6 Å². The first-order chi connectivity index (χ1) is 13.7. The summed E-state index contributed by atoms with van der Waals surface area (Å²) in [6, 6.07) is 2.18. The highest BCUT2D eigenvalue weighted by Crippen LogP contribution is 2.31. The molecule has 3 aromatic rings. The van der Waals surface area contributed by atoms with Crippen molar-refractivity contribution in [2.24, 2.45) is 0 Å². The van der Waals surface area contributed by atoms with E-state index in [-0.39, 0.29) is 18.3 Å². The second kappa shape index (κ2) is 7.32. The number of aromatic amines is 1. The fourth-order valence-electron chi connectivity index (χ4n) is 3.62. The quantitative estimate of drug-likeness (QED) is 0.670. The molecule has 10 heteroatoms. The molecule has 148 valence electrons. The van der Waals surface area contributed by atoms with Crippen LogP contribution in [0.5, 0.6) is 6.01 Å². The van der Waals surface area contributed by atoms with Crippen molar-refractivity contribution < 1.29 is 18.9 Å². The molecule has 3 aromatic heterocycles. The third-order valence-electron chi connectivity index (χ3n) is 5.02. The van der Waals surface area contributed by atoms with Gasteiger partial charge in [0.1, 0.15) is 6.10 Å². The van der Waals surface area contributed by atoms with Gasteiger partial charge in [-0.3, -0.25) is 4.68 Å². The summed E-state index contributed by atoms with van der Waals surface area (Å²) in [6.07, 6.45) is 4.41. The number of fused-ring (bicyclic) bond motifs is 2. The highest BCUT2D eigenvalue weighted by Gasteiger charge is 2.43. The third-order valence-corrected chi connectivity index (χ3v) is 5.31. The van der Waals surface area contributed by atoms with Gasteiger partial charge in [0.15, 0.2) is 11.8 Å². The molecule has 28 heavy (non-hydrogen) atoms. The third kappa shape index (κ3) is 3.24. The van der Waals surface area contributed by atoms with Crippen molar-refractivity contribution >= 4 is 22.8 Å². The van der Waals surface area contributed by atoms with E-state index in [9.17, 15) is 0 Å². The molecule has 3 unspecified atom stereocenters. The standard InChI is InChI=1S/C18H20ClN5O4/c1-25-5-3-24-8-10(7-20-24)15-11(19)6-12-17(22-15)23-18(21-12)28-14-9-27-13-2-4-26-16(13)14/h6-8,13-14,16H,2-5,9H2,1H3,(H,21,22,23). The minimum absolute atomic E-state index is 0.0433. The molecule has 1 N–H and O–H groups in total. The van der Waals surface area contributed by atoms with E-state index in [4.69, 9.17) is 30.5 Å². The number of pyridine rings is 1. The van der Waals surface area contributed by atoms with E-state index in [2.05, 4.69) is 20.1 Å². The molecule has 0 saturated carbocycles. The number of methoxy groups -OCH3 is 1. The number of ether oxygens (including phenoxy) is 4. The molecule has 0 aliphatic carbocycles. The Kier molecular flexibility index (Phi) is 4.67. The average Bonchev–Trinajstić information content (AvgIpc) is 3.44. The van der Waals surface area contributed by atoms with Crippen LogP contribution in [0, 0.1) is 0 Å². The number of hydrogen-bond donors (Lipinski definition) is 1. The van der Waals surface area contributed by atoms with Gasteiger partial charge >= 0.3 is 0 Å². The van der Waals surface area contributed by atoms with Crippen LogP contribution in [0.1, 0.15) is 6.42 Å². The molecule has 2 aliphatic rings. The minimum Gasteiger partial charge on any atom is -0.456 e. The zero-order chi connectivity index (χ0) is 19.1. The Morgan fingerprint density at radius 3 is 3.18 bits per heavy atom. The van der Waals surface area contributed by atoms with Gasteiger partial charge < -0.3 is 23.9 Å². The van der Waals surface area contributed by atoms with Gasteiger partial charge in [-0.2, -0.15) is 10.1 Å². The molecule has 5 heterocycles. The molecular weight excluding hydrogens is 386 g/mol. The van der Waals surface area contributed by atoms with Crippen LogP contribution in [0.25, 0.3) is 22.4 Å². The second-order valence-corrected chi connectivity index (χ2v) is 7.28. The molecule has 0 radical (unpaired) electrons. The lowest BCUT2D eigenvalue weighted by molar-refractivity contribution is 0.0273. The van der Waals surface area contributed by atoms with Crippen LogP contribution in [0.2, 0.25) is 5.02 Å². The largest absolute Gasteiger partial charge is 0.456 e. The molecular formula is C18H20ClN5O4. The average molecular weight is 406 g/mol. The minimum atomic E-state index is -0.179. The normalized spacial score (nSPS) is 24.1. The van der Waals surface area contributed by atoms with E-state index in [1.165, 1.54) is 0 Å². The van der Waals surface area contributed by atoms with Crippen molar-refractivity contribution in [2.45, 2.75) is 31.3 Å². The maximum Gasteiger partial charge on any atom is 0.296 e. The summed E-state index contributed by atoms with van der Waals surface area (Å²) >= 11 is 6.45. The highest BCUT2D eigenvalue weighted by molar-refractivity contribution is 6.33. The van der Waals surface area contributed by atoms with Crippen molar-refractivity contribution in [3.8, 4) is 17.3 Å². The fraction of sp³-hybridized carbons (Fsp3) is 0.500. The molecule has 2 saturated heterocycles. The van der Waals surface area contributed by atoms with Gasteiger partial charge in [0, 0.05) is 25.5 Å². The van der Waals surface area contributed by atoms with Crippen LogP contribution < -0.4 is 4.74 Å². The molecule has 0 bridgehead atoms. The first kappa shape index (κ1) is 17.9. The maximum absolute atomic E-state index is 6.45. The molecule has 0 spiro atoms. The number of halogens is 1. The summed E-state index contributed by atoms with van der Waals surface area (Å²) in [5.41, 5.74) is 2.68. The van der Waals surface area contributed by atoms with Crippen molar-refractivity contribution in [1.29, 1.82) is 0 Å². The molecule has 0 aromatic carbocycles. The van der Waals surface area contributed by atoms with Gasteiger partial charge in [-0.25, -0.2) is 4.98 Å². The number of H-pyrrole nitrogens is 1. The molecule has 0 amide bonds. The van der Waals surface area contributed by atoms with Crippen LogP contribution in [-0.2, 0) is 20.8 Å². The predicted octanol–water partition coefficient (Wildman–Crippen LogP) is 2.06. The van der Waals surface area contributed by atoms with E-state index >= 15 is 0 Å². The SMILES string of the molecule is COCCn1cc(-c2nc3nc(OC4COC5CCOC54)[nH]c3cc2Cl)cn1. The predicted molar refractivity (Wildman–Crippen MR) is 101 cm³/mol. The number of aromatic nitrogens is 5. The topological polar surface area (TPSA) is 96.3 Å². The van der Waals surface area contributed by atoms with Gasteiger partial charge in [-0.15, -0.1) is 0 Å². The summed E-state index contributed by atoms with van der Waals surface area (Å²) in [6.45, 7) is 2.43. The number of nitrogens with zero attached hydrogens (tertiary/aromatic N) is 4. The Morgan fingerprint density at radius 2 is 2.29 bits per heavy atom. The second-order valence-electron chi connectivity index (χ2n) is 6.87. The van der Waals surface area contributed by atoms with E-state index in [1.54, 1.807) is 24.1 Å². The van der Waals surface area contributed by atoms with Crippen molar-refractivity contribution in [2.75, 3.05) is 26.9 Å². The van der Waals surface area contributed by atoms with Crippen LogP contribution in [0.4, 0.5) is 0 Å². The number of nitrogens with one attached hydrogen (secondary N) is 1. The zero-order valence-corrected chi connectivity index (χ0v) is 16.1. The molecule has 2 fully saturated rings. The molecule has 5 rings (SSSR count). The Morgan fingerprint density at radius 1 is 1.36 bits per heavy atom. The smallest absolute Gasteiger partial charge is 0.296 e. The first-order valence-electron chi connectivity index (χ1n) is 9.19. The van der Waals surface area contributed by atoms with Gasteiger partial charge in [0.25, 0.3) is 6.01 Å². The van der Waals surface area contributed by atoms with E-state index in [1.807, 2.05) is 6.20 Å². The van der Waals surface area contributed by atoms with E-state index in [0.717, 1.165) is 12.0 Å². The monoisotopic (exact) mass is 405 g/mol.